The summed E-state index contributed by atoms with van der Waals surface area (Å²) in [4.78, 5) is 12.7. The van der Waals surface area contributed by atoms with Crippen molar-refractivity contribution in [3.05, 3.63) is 35.9 Å². The molecule has 0 aromatic heterocycles. The molecule has 0 bridgehead atoms. The molecule has 1 N–H and O–H groups in total. The molecule has 0 aliphatic carbocycles. The Bertz CT molecular complexity index is 324. The molecule has 0 saturated carbocycles. The van der Waals surface area contributed by atoms with Crippen molar-refractivity contribution in [2.24, 2.45) is 0 Å². The predicted octanol–water partition coefficient (Wildman–Crippen LogP) is 2.15. The minimum atomic E-state index is -0.791. The van der Waals surface area contributed by atoms with Crippen molar-refractivity contribution in [3.8, 4) is 0 Å². The third kappa shape index (κ3) is 2.80. The lowest BCUT2D eigenvalue weighted by Gasteiger charge is -2.28. The third-order valence-electron chi connectivity index (χ3n) is 2.86. The van der Waals surface area contributed by atoms with Crippen molar-refractivity contribution in [1.82, 2.24) is 4.90 Å². The highest BCUT2D eigenvalue weighted by Crippen LogP contribution is 2.20. The lowest BCUT2D eigenvalue weighted by atomic mass is 10.1. The van der Waals surface area contributed by atoms with E-state index in [0.717, 1.165) is 5.56 Å². The minimum absolute atomic E-state index is 0.109. The molecule has 0 aliphatic heterocycles. The Kier molecular flexibility index (Phi) is 3.86. The van der Waals surface area contributed by atoms with Gasteiger partial charge < -0.3 is 5.11 Å². The van der Waals surface area contributed by atoms with Gasteiger partial charge in [0.2, 0.25) is 0 Å². The van der Waals surface area contributed by atoms with Crippen molar-refractivity contribution >= 4 is 5.97 Å². The first-order chi connectivity index (χ1) is 7.04. The van der Waals surface area contributed by atoms with Crippen LogP contribution in [0.2, 0.25) is 0 Å². The van der Waals surface area contributed by atoms with E-state index >= 15 is 0 Å². The van der Waals surface area contributed by atoms with Crippen LogP contribution in [0.3, 0.4) is 0 Å². The topological polar surface area (TPSA) is 40.5 Å². The Morgan fingerprint density at radius 2 is 1.80 bits per heavy atom. The fourth-order valence-electron chi connectivity index (χ4n) is 1.48. The lowest BCUT2D eigenvalue weighted by molar-refractivity contribution is -0.142. The Morgan fingerprint density at radius 1 is 1.27 bits per heavy atom. The maximum Gasteiger partial charge on any atom is 0.320 e. The number of aliphatic carboxylic acids is 1. The monoisotopic (exact) mass is 207 g/mol. The summed E-state index contributed by atoms with van der Waals surface area (Å²) in [6.07, 6.45) is 0. The van der Waals surface area contributed by atoms with Crippen molar-refractivity contribution in [1.29, 1.82) is 0 Å². The Morgan fingerprint density at radius 3 is 2.27 bits per heavy atom. The molecule has 3 heteroatoms. The maximum absolute atomic E-state index is 10.8. The summed E-state index contributed by atoms with van der Waals surface area (Å²) in [5, 5.41) is 8.91. The van der Waals surface area contributed by atoms with Crippen LogP contribution < -0.4 is 0 Å². The number of likely N-dealkylation sites (N-methyl/N-ethyl adjacent to an activating group) is 1. The second-order valence-corrected chi connectivity index (χ2v) is 3.77. The van der Waals surface area contributed by atoms with Crippen molar-refractivity contribution in [2.75, 3.05) is 7.05 Å². The maximum atomic E-state index is 10.8. The van der Waals surface area contributed by atoms with Gasteiger partial charge in [-0.05, 0) is 26.5 Å². The van der Waals surface area contributed by atoms with Crippen molar-refractivity contribution in [2.45, 2.75) is 25.9 Å². The van der Waals surface area contributed by atoms with Gasteiger partial charge in [0, 0.05) is 6.04 Å². The van der Waals surface area contributed by atoms with Crippen LogP contribution in [0.1, 0.15) is 25.5 Å². The fourth-order valence-corrected chi connectivity index (χ4v) is 1.48. The number of carboxylic acids is 1. The van der Waals surface area contributed by atoms with E-state index in [0.29, 0.717) is 0 Å². The van der Waals surface area contributed by atoms with Gasteiger partial charge in [0.25, 0.3) is 0 Å². The second kappa shape index (κ2) is 4.94. The van der Waals surface area contributed by atoms with Crippen LogP contribution in [0.15, 0.2) is 30.3 Å². The summed E-state index contributed by atoms with van der Waals surface area (Å²) < 4.78 is 0. The normalized spacial score (nSPS) is 14.9. The van der Waals surface area contributed by atoms with Crippen molar-refractivity contribution < 1.29 is 9.90 Å². The van der Waals surface area contributed by atoms with E-state index in [-0.39, 0.29) is 6.04 Å². The first kappa shape index (κ1) is 11.7. The molecule has 0 heterocycles. The number of carboxylic acid groups (broad SMARTS) is 1. The van der Waals surface area contributed by atoms with E-state index in [9.17, 15) is 4.79 Å². The molecule has 0 fully saturated rings. The fraction of sp³-hybridized carbons (Fsp3) is 0.417. The Hall–Kier alpha value is -1.35. The van der Waals surface area contributed by atoms with Gasteiger partial charge in [0.1, 0.15) is 6.04 Å². The molecule has 2 unspecified atom stereocenters. The van der Waals surface area contributed by atoms with Crippen molar-refractivity contribution in [3.63, 3.8) is 0 Å². The number of rotatable bonds is 4. The van der Waals surface area contributed by atoms with Crippen LogP contribution in [0.5, 0.6) is 0 Å². The summed E-state index contributed by atoms with van der Waals surface area (Å²) in [6, 6.07) is 9.54. The summed E-state index contributed by atoms with van der Waals surface area (Å²) in [5.41, 5.74) is 1.13. The molecule has 0 radical (unpaired) electrons. The zero-order valence-electron chi connectivity index (χ0n) is 9.34. The van der Waals surface area contributed by atoms with Gasteiger partial charge in [-0.3, -0.25) is 9.69 Å². The van der Waals surface area contributed by atoms with E-state index < -0.39 is 12.0 Å². The number of nitrogens with zero attached hydrogens (tertiary/aromatic N) is 1. The van der Waals surface area contributed by atoms with Gasteiger partial charge in [0.05, 0.1) is 0 Å². The van der Waals surface area contributed by atoms with Crippen LogP contribution in [-0.2, 0) is 4.79 Å². The first-order valence-electron chi connectivity index (χ1n) is 5.03. The largest absolute Gasteiger partial charge is 0.480 e. The molecule has 15 heavy (non-hydrogen) atoms. The Labute approximate surface area is 90.3 Å². The van der Waals surface area contributed by atoms with E-state index in [2.05, 4.69) is 0 Å². The molecule has 82 valence electrons. The molecule has 0 saturated heterocycles. The quantitative estimate of drug-likeness (QED) is 0.822. The zero-order valence-corrected chi connectivity index (χ0v) is 9.34. The standard InChI is InChI=1S/C12H17NO2/c1-9(11-7-5-4-6-8-11)13(3)10(2)12(14)15/h4-10H,1-3H3,(H,14,15). The highest BCUT2D eigenvalue weighted by Gasteiger charge is 2.22. The molecule has 0 aliphatic rings. The lowest BCUT2D eigenvalue weighted by Crippen LogP contribution is -2.37. The van der Waals surface area contributed by atoms with E-state index in [1.165, 1.54) is 0 Å². The van der Waals surface area contributed by atoms with Gasteiger partial charge >= 0.3 is 5.97 Å². The molecular formula is C12H17NO2. The molecule has 0 amide bonds. The smallest absolute Gasteiger partial charge is 0.320 e. The molecule has 1 aromatic carbocycles. The number of hydrogen-bond donors (Lipinski definition) is 1. The number of benzene rings is 1. The van der Waals surface area contributed by atoms with Crippen LogP contribution in [0.25, 0.3) is 0 Å². The summed E-state index contributed by atoms with van der Waals surface area (Å²) in [6.45, 7) is 3.70. The average Bonchev–Trinajstić information content (AvgIpc) is 2.27. The summed E-state index contributed by atoms with van der Waals surface area (Å²) in [5.74, 6) is -0.791. The van der Waals surface area contributed by atoms with E-state index in [4.69, 9.17) is 5.11 Å². The Balaban J connectivity index is 2.77. The number of carbonyl (C=O) groups is 1. The molecule has 1 aromatic rings. The molecular weight excluding hydrogens is 190 g/mol. The van der Waals surface area contributed by atoms with Gasteiger partial charge in [-0.1, -0.05) is 30.3 Å². The second-order valence-electron chi connectivity index (χ2n) is 3.77. The van der Waals surface area contributed by atoms with E-state index in [1.54, 1.807) is 6.92 Å². The number of hydrogen-bond acceptors (Lipinski definition) is 2. The third-order valence-corrected chi connectivity index (χ3v) is 2.86. The highest BCUT2D eigenvalue weighted by atomic mass is 16.4. The predicted molar refractivity (Wildman–Crippen MR) is 59.7 cm³/mol. The zero-order chi connectivity index (χ0) is 11.4. The molecule has 1 rings (SSSR count). The van der Waals surface area contributed by atoms with E-state index in [1.807, 2.05) is 49.2 Å². The van der Waals surface area contributed by atoms with Crippen LogP contribution in [0, 0.1) is 0 Å². The van der Waals surface area contributed by atoms with Crippen LogP contribution >= 0.6 is 0 Å². The minimum Gasteiger partial charge on any atom is -0.480 e. The highest BCUT2D eigenvalue weighted by molar-refractivity contribution is 5.72. The van der Waals surface area contributed by atoms with Gasteiger partial charge in [-0.25, -0.2) is 0 Å². The summed E-state index contributed by atoms with van der Waals surface area (Å²) >= 11 is 0. The van der Waals surface area contributed by atoms with Crippen LogP contribution in [0.4, 0.5) is 0 Å². The summed E-state index contributed by atoms with van der Waals surface area (Å²) in [7, 11) is 1.83. The molecule has 0 spiro atoms. The van der Waals surface area contributed by atoms with Gasteiger partial charge in [-0.2, -0.15) is 0 Å². The first-order valence-corrected chi connectivity index (χ1v) is 5.03. The van der Waals surface area contributed by atoms with Gasteiger partial charge in [0.15, 0.2) is 0 Å². The molecule has 3 nitrogen and oxygen atoms in total. The SMILES string of the molecule is CC(C(=O)O)N(C)C(C)c1ccccc1. The average molecular weight is 207 g/mol. The van der Waals surface area contributed by atoms with Crippen LogP contribution in [-0.4, -0.2) is 29.1 Å². The molecule has 2 atom stereocenters. The van der Waals surface area contributed by atoms with Gasteiger partial charge in [-0.15, -0.1) is 0 Å².